The number of aromatic amines is 1. The number of aromatic nitrogens is 2. The highest BCUT2D eigenvalue weighted by atomic mass is 35.5. The third-order valence-electron chi connectivity index (χ3n) is 5.84. The number of fused-ring (bicyclic) bond motifs is 1. The van der Waals surface area contributed by atoms with Gasteiger partial charge >= 0.3 is 0 Å². The molecule has 0 saturated carbocycles. The number of ketones is 1. The first-order valence-electron chi connectivity index (χ1n) is 10.7. The Balaban J connectivity index is 1.82. The molecule has 1 aromatic heterocycles. The lowest BCUT2D eigenvalue weighted by Gasteiger charge is -2.38. The first kappa shape index (κ1) is 22.2. The Morgan fingerprint density at radius 1 is 1.19 bits per heavy atom. The molecular weight excluding hydrogens is 430 g/mol. The van der Waals surface area contributed by atoms with Crippen molar-refractivity contribution in [3.63, 3.8) is 0 Å². The summed E-state index contributed by atoms with van der Waals surface area (Å²) in [7, 11) is 0. The lowest BCUT2D eigenvalue weighted by atomic mass is 9.69. The van der Waals surface area contributed by atoms with Crippen LogP contribution in [0.25, 0.3) is 0 Å². The number of thioether (sulfide) groups is 1. The van der Waals surface area contributed by atoms with E-state index in [4.69, 9.17) is 16.6 Å². The van der Waals surface area contributed by atoms with Crippen LogP contribution < -0.4 is 10.9 Å². The van der Waals surface area contributed by atoms with E-state index in [2.05, 4.69) is 38.0 Å². The van der Waals surface area contributed by atoms with Gasteiger partial charge in [-0.2, -0.15) is 0 Å². The number of halogens is 1. The van der Waals surface area contributed by atoms with Gasteiger partial charge in [-0.15, -0.1) is 0 Å². The van der Waals surface area contributed by atoms with Crippen molar-refractivity contribution < 1.29 is 4.79 Å². The summed E-state index contributed by atoms with van der Waals surface area (Å²) in [6, 6.07) is 7.39. The van der Waals surface area contributed by atoms with Crippen molar-refractivity contribution in [3.05, 3.63) is 62.0 Å². The molecule has 1 unspecified atom stereocenters. The third-order valence-corrected chi connectivity index (χ3v) is 7.00. The minimum absolute atomic E-state index is 0.0825. The van der Waals surface area contributed by atoms with Gasteiger partial charge in [0.2, 0.25) is 0 Å². The van der Waals surface area contributed by atoms with E-state index in [9.17, 15) is 9.59 Å². The summed E-state index contributed by atoms with van der Waals surface area (Å²) >= 11 is 7.66. The van der Waals surface area contributed by atoms with E-state index in [1.807, 2.05) is 12.1 Å². The molecule has 31 heavy (non-hydrogen) atoms. The molecule has 0 fully saturated rings. The maximum absolute atomic E-state index is 13.2. The van der Waals surface area contributed by atoms with Crippen LogP contribution in [0.15, 0.2) is 45.5 Å². The molecule has 2 N–H and O–H groups in total. The number of carbonyl (C=O) groups excluding carboxylic acids is 1. The zero-order valence-electron chi connectivity index (χ0n) is 18.3. The number of rotatable bonds is 5. The summed E-state index contributed by atoms with van der Waals surface area (Å²) < 4.78 is 0. The highest BCUT2D eigenvalue weighted by molar-refractivity contribution is 7.99. The molecule has 1 aliphatic carbocycles. The summed E-state index contributed by atoms with van der Waals surface area (Å²) in [6.45, 7) is 8.55. The maximum atomic E-state index is 13.2. The van der Waals surface area contributed by atoms with Crippen LogP contribution in [0.3, 0.4) is 0 Å². The van der Waals surface area contributed by atoms with Gasteiger partial charge in [0.25, 0.3) is 5.56 Å². The van der Waals surface area contributed by atoms with Gasteiger partial charge in [0.1, 0.15) is 5.82 Å². The van der Waals surface area contributed by atoms with Gasteiger partial charge in [-0.1, -0.05) is 63.2 Å². The quantitative estimate of drug-likeness (QED) is 0.440. The van der Waals surface area contributed by atoms with Crippen molar-refractivity contribution in [2.45, 2.75) is 58.0 Å². The lowest BCUT2D eigenvalue weighted by Crippen LogP contribution is -2.37. The Morgan fingerprint density at radius 3 is 2.58 bits per heavy atom. The van der Waals surface area contributed by atoms with Gasteiger partial charge < -0.3 is 10.3 Å². The molecule has 2 heterocycles. The fourth-order valence-corrected chi connectivity index (χ4v) is 5.57. The van der Waals surface area contributed by atoms with Crippen LogP contribution >= 0.6 is 23.4 Å². The van der Waals surface area contributed by atoms with Crippen LogP contribution in [0.4, 0.5) is 5.82 Å². The van der Waals surface area contributed by atoms with Gasteiger partial charge in [0.05, 0.1) is 5.56 Å². The number of hydrogen-bond donors (Lipinski definition) is 2. The fourth-order valence-electron chi connectivity index (χ4n) is 4.34. The summed E-state index contributed by atoms with van der Waals surface area (Å²) in [5.41, 5.74) is 2.60. The summed E-state index contributed by atoms with van der Waals surface area (Å²) in [6.07, 6.45) is 2.24. The SMILES string of the molecule is CC(C)CCSc1nc2c(c(=O)[nH]1)C(c1ccc(Cl)cc1)C1=C(CC(C)(C)CC1=O)N2. The molecule has 1 atom stereocenters. The van der Waals surface area contributed by atoms with Gasteiger partial charge in [-0.25, -0.2) is 4.98 Å². The normalized spacial score (nSPS) is 19.8. The monoisotopic (exact) mass is 457 g/mol. The topological polar surface area (TPSA) is 74.8 Å². The molecule has 5 nitrogen and oxygen atoms in total. The second kappa shape index (κ2) is 8.47. The summed E-state index contributed by atoms with van der Waals surface area (Å²) in [5.74, 6) is 1.67. The van der Waals surface area contributed by atoms with Crippen LogP contribution in [0.1, 0.15) is 64.0 Å². The molecule has 1 aromatic carbocycles. The van der Waals surface area contributed by atoms with E-state index in [-0.39, 0.29) is 16.8 Å². The number of carbonyl (C=O) groups is 1. The van der Waals surface area contributed by atoms with Crippen molar-refractivity contribution in [3.8, 4) is 0 Å². The highest BCUT2D eigenvalue weighted by Crippen LogP contribution is 2.47. The predicted octanol–water partition coefficient (Wildman–Crippen LogP) is 5.76. The summed E-state index contributed by atoms with van der Waals surface area (Å²) in [5, 5.41) is 4.59. The van der Waals surface area contributed by atoms with Gasteiger partial charge in [-0.3, -0.25) is 9.59 Å². The molecule has 2 aliphatic rings. The van der Waals surface area contributed by atoms with Crippen molar-refractivity contribution in [2.75, 3.05) is 11.1 Å². The van der Waals surface area contributed by atoms with Crippen molar-refractivity contribution >= 4 is 35.0 Å². The molecule has 0 radical (unpaired) electrons. The molecule has 2 aromatic rings. The number of allylic oxidation sites excluding steroid dienone is 2. The molecule has 4 rings (SSSR count). The average Bonchev–Trinajstić information content (AvgIpc) is 2.65. The van der Waals surface area contributed by atoms with Crippen molar-refractivity contribution in [1.29, 1.82) is 0 Å². The third kappa shape index (κ3) is 4.60. The van der Waals surface area contributed by atoms with E-state index in [1.54, 1.807) is 23.9 Å². The van der Waals surface area contributed by atoms with E-state index < -0.39 is 5.92 Å². The minimum Gasteiger partial charge on any atom is -0.343 e. The maximum Gasteiger partial charge on any atom is 0.257 e. The molecule has 1 aliphatic heterocycles. The number of Topliss-reactive ketones (excluding diaryl/α,β-unsaturated/α-hetero) is 1. The Morgan fingerprint density at radius 2 is 1.90 bits per heavy atom. The molecule has 7 heteroatoms. The van der Waals surface area contributed by atoms with E-state index >= 15 is 0 Å². The van der Waals surface area contributed by atoms with Gasteiger partial charge in [-0.05, 0) is 41.9 Å². The van der Waals surface area contributed by atoms with Crippen LogP contribution in [0, 0.1) is 11.3 Å². The Hall–Kier alpha value is -2.05. The molecule has 0 spiro atoms. The Kier molecular flexibility index (Phi) is 6.05. The molecular formula is C24H28ClN3O2S. The van der Waals surface area contributed by atoms with Crippen LogP contribution in [-0.2, 0) is 4.79 Å². The molecule has 0 saturated heterocycles. The zero-order chi connectivity index (χ0) is 22.3. The standard InChI is InChI=1S/C24H28ClN3O2S/c1-13(2)9-10-31-23-27-21-20(22(30)28-23)18(14-5-7-15(25)8-6-14)19-16(26-21)11-24(3,4)12-17(19)29/h5-8,13,18H,9-12H2,1-4H3,(H2,26,27,28,30). The largest absolute Gasteiger partial charge is 0.343 e. The van der Waals surface area contributed by atoms with Crippen molar-refractivity contribution in [2.24, 2.45) is 11.3 Å². The number of nitrogens with zero attached hydrogens (tertiary/aromatic N) is 1. The number of H-pyrrole nitrogens is 1. The van der Waals surface area contributed by atoms with E-state index in [0.29, 0.717) is 39.5 Å². The number of anilines is 1. The first-order chi connectivity index (χ1) is 14.6. The predicted molar refractivity (Wildman–Crippen MR) is 127 cm³/mol. The smallest absolute Gasteiger partial charge is 0.257 e. The fraction of sp³-hybridized carbons (Fsp3) is 0.458. The zero-order valence-corrected chi connectivity index (χ0v) is 19.9. The number of benzene rings is 1. The Bertz CT molecular complexity index is 1100. The Labute approximate surface area is 192 Å². The first-order valence-corrected chi connectivity index (χ1v) is 12.1. The second-order valence-electron chi connectivity index (χ2n) is 9.61. The molecule has 0 bridgehead atoms. The number of hydrogen-bond acceptors (Lipinski definition) is 5. The van der Waals surface area contributed by atoms with Gasteiger partial charge in [0.15, 0.2) is 10.9 Å². The number of nitrogens with one attached hydrogen (secondary N) is 2. The molecule has 164 valence electrons. The summed E-state index contributed by atoms with van der Waals surface area (Å²) in [4.78, 5) is 34.2. The van der Waals surface area contributed by atoms with E-state index in [1.165, 1.54) is 0 Å². The minimum atomic E-state index is -0.446. The van der Waals surface area contributed by atoms with Crippen LogP contribution in [0.5, 0.6) is 0 Å². The van der Waals surface area contributed by atoms with Crippen LogP contribution in [0.2, 0.25) is 5.02 Å². The average molecular weight is 458 g/mol. The van der Waals surface area contributed by atoms with Crippen molar-refractivity contribution in [1.82, 2.24) is 9.97 Å². The van der Waals surface area contributed by atoms with E-state index in [0.717, 1.165) is 29.9 Å². The molecule has 0 amide bonds. The van der Waals surface area contributed by atoms with Gasteiger partial charge in [0, 0.05) is 34.4 Å². The van der Waals surface area contributed by atoms with Crippen LogP contribution in [-0.4, -0.2) is 21.5 Å². The second-order valence-corrected chi connectivity index (χ2v) is 11.1. The highest BCUT2D eigenvalue weighted by Gasteiger charge is 2.42. The lowest BCUT2D eigenvalue weighted by molar-refractivity contribution is -0.118.